The van der Waals surface area contributed by atoms with Crippen LogP contribution in [0.15, 0.2) is 48.8 Å². The summed E-state index contributed by atoms with van der Waals surface area (Å²) >= 11 is 0. The van der Waals surface area contributed by atoms with Crippen LogP contribution in [0.3, 0.4) is 0 Å². The first kappa shape index (κ1) is 15.5. The van der Waals surface area contributed by atoms with E-state index in [1.165, 1.54) is 36.0 Å². The lowest BCUT2D eigenvalue weighted by molar-refractivity contribution is -0.117. The Morgan fingerprint density at radius 3 is 2.83 bits per heavy atom. The molecule has 0 saturated heterocycles. The van der Waals surface area contributed by atoms with Crippen molar-refractivity contribution in [3.63, 3.8) is 0 Å². The Morgan fingerprint density at radius 2 is 2.04 bits per heavy atom. The predicted octanol–water partition coefficient (Wildman–Crippen LogP) is 3.85. The van der Waals surface area contributed by atoms with Crippen molar-refractivity contribution in [1.29, 1.82) is 0 Å². The number of carbonyl (C=O) groups is 1. The van der Waals surface area contributed by atoms with Gasteiger partial charge in [0.15, 0.2) is 0 Å². The number of hydrogen-bond acceptors (Lipinski definition) is 2. The van der Waals surface area contributed by atoms with Crippen LogP contribution in [0.4, 0.5) is 0 Å². The summed E-state index contributed by atoms with van der Waals surface area (Å²) in [4.78, 5) is 16.1. The van der Waals surface area contributed by atoms with Gasteiger partial charge in [-0.3, -0.25) is 9.78 Å². The topological polar surface area (TPSA) is 42.0 Å². The summed E-state index contributed by atoms with van der Waals surface area (Å²) in [5.41, 5.74) is 5.01. The molecule has 1 N–H and O–H groups in total. The van der Waals surface area contributed by atoms with Crippen molar-refractivity contribution in [2.75, 3.05) is 0 Å². The van der Waals surface area contributed by atoms with Crippen molar-refractivity contribution >= 4 is 12.0 Å². The molecule has 1 aromatic heterocycles. The quantitative estimate of drug-likeness (QED) is 0.872. The van der Waals surface area contributed by atoms with Crippen molar-refractivity contribution in [3.05, 3.63) is 71.1 Å². The van der Waals surface area contributed by atoms with Crippen LogP contribution in [-0.4, -0.2) is 10.9 Å². The van der Waals surface area contributed by atoms with E-state index in [2.05, 4.69) is 28.5 Å². The Kier molecular flexibility index (Phi) is 4.86. The number of pyridine rings is 1. The Morgan fingerprint density at radius 1 is 1.22 bits per heavy atom. The summed E-state index contributed by atoms with van der Waals surface area (Å²) in [7, 11) is 0. The van der Waals surface area contributed by atoms with Gasteiger partial charge >= 0.3 is 0 Å². The molecule has 1 heterocycles. The van der Waals surface area contributed by atoms with Crippen molar-refractivity contribution < 1.29 is 4.79 Å². The maximum absolute atomic E-state index is 12.1. The molecule has 3 heteroatoms. The smallest absolute Gasteiger partial charge is 0.244 e. The minimum atomic E-state index is -0.0842. The van der Waals surface area contributed by atoms with Crippen molar-refractivity contribution in [2.24, 2.45) is 0 Å². The molecule has 1 aliphatic carbocycles. The van der Waals surface area contributed by atoms with Gasteiger partial charge in [0.25, 0.3) is 0 Å². The van der Waals surface area contributed by atoms with E-state index >= 15 is 0 Å². The fraction of sp³-hybridized carbons (Fsp3) is 0.300. The number of amides is 1. The Labute approximate surface area is 137 Å². The molecule has 0 bridgehead atoms. The van der Waals surface area contributed by atoms with Crippen LogP contribution in [0.1, 0.15) is 48.1 Å². The molecule has 0 radical (unpaired) electrons. The van der Waals surface area contributed by atoms with Crippen molar-refractivity contribution in [3.8, 4) is 0 Å². The molecule has 1 aromatic carbocycles. The highest BCUT2D eigenvalue weighted by molar-refractivity contribution is 5.91. The molecule has 3 nitrogen and oxygen atoms in total. The third-order valence-corrected chi connectivity index (χ3v) is 4.34. The first-order chi connectivity index (χ1) is 11.2. The van der Waals surface area contributed by atoms with E-state index in [9.17, 15) is 4.79 Å². The molecular weight excluding hydrogens is 284 g/mol. The molecule has 3 rings (SSSR count). The van der Waals surface area contributed by atoms with Crippen LogP contribution >= 0.6 is 0 Å². The largest absolute Gasteiger partial charge is 0.346 e. The zero-order chi connectivity index (χ0) is 16.1. The van der Waals surface area contributed by atoms with Crippen LogP contribution in [0.5, 0.6) is 0 Å². The Hall–Kier alpha value is -2.42. The number of aryl methyl sites for hydroxylation is 2. The highest BCUT2D eigenvalue weighted by Gasteiger charge is 2.13. The molecule has 1 unspecified atom stereocenters. The van der Waals surface area contributed by atoms with Gasteiger partial charge in [0.05, 0.1) is 6.04 Å². The monoisotopic (exact) mass is 306 g/mol. The first-order valence-electron chi connectivity index (χ1n) is 8.23. The molecular formula is C20H22N2O. The van der Waals surface area contributed by atoms with E-state index in [1.807, 2.05) is 19.1 Å². The number of nitrogens with zero attached hydrogens (tertiary/aromatic N) is 1. The van der Waals surface area contributed by atoms with E-state index in [4.69, 9.17) is 0 Å². The number of fused-ring (bicyclic) bond motifs is 1. The lowest BCUT2D eigenvalue weighted by atomic mass is 9.89. The van der Waals surface area contributed by atoms with Crippen LogP contribution in [-0.2, 0) is 17.6 Å². The highest BCUT2D eigenvalue weighted by Crippen LogP contribution is 2.24. The number of benzene rings is 1. The third kappa shape index (κ3) is 4.07. The van der Waals surface area contributed by atoms with Gasteiger partial charge in [-0.2, -0.15) is 0 Å². The molecule has 118 valence electrons. The minimum absolute atomic E-state index is 0.00766. The second-order valence-electron chi connectivity index (χ2n) is 6.09. The average Bonchev–Trinajstić information content (AvgIpc) is 2.60. The van der Waals surface area contributed by atoms with Gasteiger partial charge in [0.1, 0.15) is 0 Å². The number of hydrogen-bond donors (Lipinski definition) is 1. The summed E-state index contributed by atoms with van der Waals surface area (Å²) < 4.78 is 0. The zero-order valence-corrected chi connectivity index (χ0v) is 13.5. The molecule has 0 spiro atoms. The highest BCUT2D eigenvalue weighted by atomic mass is 16.1. The lowest BCUT2D eigenvalue weighted by Crippen LogP contribution is -2.24. The fourth-order valence-corrected chi connectivity index (χ4v) is 3.01. The molecule has 1 amide bonds. The van der Waals surface area contributed by atoms with E-state index in [1.54, 1.807) is 24.5 Å². The summed E-state index contributed by atoms with van der Waals surface area (Å²) in [6.07, 6.45) is 11.7. The minimum Gasteiger partial charge on any atom is -0.346 e. The van der Waals surface area contributed by atoms with Crippen LogP contribution in [0.25, 0.3) is 6.08 Å². The molecule has 1 atom stereocenters. The number of aromatic nitrogens is 1. The Balaban J connectivity index is 1.63. The van der Waals surface area contributed by atoms with Gasteiger partial charge < -0.3 is 5.32 Å². The Bertz CT molecular complexity index is 707. The molecule has 0 saturated carbocycles. The average molecular weight is 306 g/mol. The van der Waals surface area contributed by atoms with Crippen LogP contribution in [0.2, 0.25) is 0 Å². The second kappa shape index (κ2) is 7.23. The molecule has 0 fully saturated rings. The van der Waals surface area contributed by atoms with Gasteiger partial charge in [-0.1, -0.05) is 24.3 Å². The second-order valence-corrected chi connectivity index (χ2v) is 6.09. The maximum atomic E-state index is 12.1. The van der Waals surface area contributed by atoms with E-state index in [0.29, 0.717) is 0 Å². The summed E-state index contributed by atoms with van der Waals surface area (Å²) in [6, 6.07) is 10.4. The van der Waals surface area contributed by atoms with Crippen molar-refractivity contribution in [1.82, 2.24) is 10.3 Å². The predicted molar refractivity (Wildman–Crippen MR) is 92.9 cm³/mol. The van der Waals surface area contributed by atoms with E-state index in [-0.39, 0.29) is 11.9 Å². The van der Waals surface area contributed by atoms with Crippen LogP contribution < -0.4 is 5.32 Å². The lowest BCUT2D eigenvalue weighted by Gasteiger charge is -2.19. The number of nitrogens with one attached hydrogen (secondary N) is 1. The molecule has 2 aromatic rings. The summed E-state index contributed by atoms with van der Waals surface area (Å²) in [5.74, 6) is -0.0842. The molecule has 23 heavy (non-hydrogen) atoms. The number of rotatable bonds is 4. The third-order valence-electron chi connectivity index (χ3n) is 4.34. The fourth-order valence-electron chi connectivity index (χ4n) is 3.01. The molecule has 0 aliphatic heterocycles. The van der Waals surface area contributed by atoms with Gasteiger partial charge in [0, 0.05) is 18.5 Å². The summed E-state index contributed by atoms with van der Waals surface area (Å²) in [6.45, 7) is 2.03. The molecule has 1 aliphatic rings. The van der Waals surface area contributed by atoms with Gasteiger partial charge in [-0.25, -0.2) is 0 Å². The first-order valence-corrected chi connectivity index (χ1v) is 8.23. The summed E-state index contributed by atoms with van der Waals surface area (Å²) in [5, 5.41) is 3.03. The zero-order valence-electron chi connectivity index (χ0n) is 13.5. The van der Waals surface area contributed by atoms with E-state index < -0.39 is 0 Å². The van der Waals surface area contributed by atoms with Crippen LogP contribution in [0, 0.1) is 0 Å². The standard InChI is InChI=1S/C20H22N2O/c1-15(18-10-9-17-6-2-3-7-19(17)13-18)22-20(23)11-8-16-5-4-12-21-14-16/h4-5,8-15H,2-3,6-7H2,1H3,(H,22,23)/b11-8+. The normalized spacial score (nSPS) is 15.2. The van der Waals surface area contributed by atoms with Gasteiger partial charge in [-0.05, 0) is 67.0 Å². The van der Waals surface area contributed by atoms with Crippen molar-refractivity contribution in [2.45, 2.75) is 38.6 Å². The number of carbonyl (C=O) groups excluding carboxylic acids is 1. The SMILES string of the molecule is CC(NC(=O)/C=C/c1cccnc1)c1ccc2c(c1)CCCC2. The van der Waals surface area contributed by atoms with Gasteiger partial charge in [-0.15, -0.1) is 0 Å². The van der Waals surface area contributed by atoms with E-state index in [0.717, 1.165) is 12.0 Å². The maximum Gasteiger partial charge on any atom is 0.244 e. The van der Waals surface area contributed by atoms with Gasteiger partial charge in [0.2, 0.25) is 5.91 Å².